The van der Waals surface area contributed by atoms with E-state index in [-0.39, 0.29) is 11.8 Å². The third-order valence-electron chi connectivity index (χ3n) is 4.91. The van der Waals surface area contributed by atoms with Crippen LogP contribution in [0, 0.1) is 0 Å². The molecule has 3 fully saturated rings. The Labute approximate surface area is 139 Å². The maximum Gasteiger partial charge on any atom is 0.234 e. The van der Waals surface area contributed by atoms with E-state index in [1.54, 1.807) is 0 Å². The third kappa shape index (κ3) is 5.46. The molecule has 2 aliphatic carbocycles. The summed E-state index contributed by atoms with van der Waals surface area (Å²) in [7, 11) is 0. The highest BCUT2D eigenvalue weighted by Gasteiger charge is 2.31. The van der Waals surface area contributed by atoms with Crippen LogP contribution < -0.4 is 10.6 Å². The fraction of sp³-hybridized carbons (Fsp3) is 0.882. The van der Waals surface area contributed by atoms with E-state index >= 15 is 0 Å². The quantitative estimate of drug-likeness (QED) is 0.676. The molecule has 0 spiro atoms. The summed E-state index contributed by atoms with van der Waals surface area (Å²) in [6.07, 6.45) is 6.72. The fourth-order valence-electron chi connectivity index (χ4n) is 3.31. The Balaban J connectivity index is 1.45. The van der Waals surface area contributed by atoms with Gasteiger partial charge in [-0.1, -0.05) is 13.3 Å². The summed E-state index contributed by atoms with van der Waals surface area (Å²) >= 11 is 0. The molecular formula is C17H30N4O2. The first-order valence-electron chi connectivity index (χ1n) is 9.19. The molecule has 6 heteroatoms. The first kappa shape index (κ1) is 16.7. The van der Waals surface area contributed by atoms with Crippen molar-refractivity contribution in [3.8, 4) is 0 Å². The van der Waals surface area contributed by atoms with Gasteiger partial charge in [0.05, 0.1) is 13.1 Å². The number of hydrogen-bond donors (Lipinski definition) is 2. The average Bonchev–Trinajstić information content (AvgIpc) is 3.39. The number of rotatable bonds is 8. The van der Waals surface area contributed by atoms with Crippen LogP contribution in [0.2, 0.25) is 0 Å². The lowest BCUT2D eigenvalue weighted by Gasteiger charge is -2.41. The normalized spacial score (nSPS) is 26.0. The molecule has 0 aromatic rings. The van der Waals surface area contributed by atoms with Gasteiger partial charge in [-0.25, -0.2) is 0 Å². The minimum absolute atomic E-state index is 0.155. The largest absolute Gasteiger partial charge is 0.352 e. The zero-order valence-electron chi connectivity index (χ0n) is 14.2. The molecule has 3 aliphatic rings. The van der Waals surface area contributed by atoms with E-state index in [1.165, 1.54) is 0 Å². The third-order valence-corrected chi connectivity index (χ3v) is 4.91. The standard InChI is InChI=1S/C17H30N4O2/c1-2-3-15-10-20(11-16(22)18-13-4-5-13)8-9-21(15)12-17(23)19-14-6-7-14/h13-15H,2-12H2,1H3,(H,18,22)(H,19,23). The second-order valence-corrected chi connectivity index (χ2v) is 7.33. The van der Waals surface area contributed by atoms with Crippen LogP contribution in [-0.4, -0.2) is 72.5 Å². The molecule has 1 atom stereocenters. The molecule has 2 saturated carbocycles. The molecule has 0 radical (unpaired) electrons. The number of hydrogen-bond acceptors (Lipinski definition) is 4. The summed E-state index contributed by atoms with van der Waals surface area (Å²) in [5.41, 5.74) is 0. The second kappa shape index (κ2) is 7.62. The number of piperazine rings is 1. The summed E-state index contributed by atoms with van der Waals surface area (Å²) in [6.45, 7) is 5.82. The fourth-order valence-corrected chi connectivity index (χ4v) is 3.31. The molecule has 1 saturated heterocycles. The Morgan fingerprint density at radius 1 is 0.957 bits per heavy atom. The molecule has 0 bridgehead atoms. The van der Waals surface area contributed by atoms with Crippen LogP contribution in [0.25, 0.3) is 0 Å². The van der Waals surface area contributed by atoms with Crippen LogP contribution in [0.15, 0.2) is 0 Å². The molecule has 6 nitrogen and oxygen atoms in total. The topological polar surface area (TPSA) is 64.7 Å². The van der Waals surface area contributed by atoms with Gasteiger partial charge in [-0.15, -0.1) is 0 Å². The lowest BCUT2D eigenvalue weighted by atomic mass is 10.1. The van der Waals surface area contributed by atoms with Crippen molar-refractivity contribution in [1.29, 1.82) is 0 Å². The van der Waals surface area contributed by atoms with Crippen LogP contribution in [0.1, 0.15) is 45.4 Å². The number of carbonyl (C=O) groups is 2. The predicted octanol–water partition coefficient (Wildman–Crippen LogP) is 0.330. The minimum atomic E-state index is 0.155. The zero-order chi connectivity index (χ0) is 16.2. The van der Waals surface area contributed by atoms with Crippen LogP contribution in [0.5, 0.6) is 0 Å². The van der Waals surface area contributed by atoms with Crippen molar-refractivity contribution in [3.05, 3.63) is 0 Å². The number of amides is 2. The number of nitrogens with one attached hydrogen (secondary N) is 2. The molecule has 1 heterocycles. The monoisotopic (exact) mass is 322 g/mol. The Kier molecular flexibility index (Phi) is 5.54. The molecule has 2 N–H and O–H groups in total. The van der Waals surface area contributed by atoms with Gasteiger partial charge in [-0.05, 0) is 32.1 Å². The van der Waals surface area contributed by atoms with Gasteiger partial charge in [0, 0.05) is 37.8 Å². The van der Waals surface area contributed by atoms with Crippen LogP contribution in [0.3, 0.4) is 0 Å². The smallest absolute Gasteiger partial charge is 0.234 e. The van der Waals surface area contributed by atoms with Gasteiger partial charge >= 0.3 is 0 Å². The highest BCUT2D eigenvalue weighted by molar-refractivity contribution is 5.79. The van der Waals surface area contributed by atoms with Crippen LogP contribution in [0.4, 0.5) is 0 Å². The molecule has 23 heavy (non-hydrogen) atoms. The van der Waals surface area contributed by atoms with E-state index in [9.17, 15) is 9.59 Å². The van der Waals surface area contributed by atoms with E-state index in [4.69, 9.17) is 0 Å². The predicted molar refractivity (Wildman–Crippen MR) is 89.0 cm³/mol. The molecule has 0 aromatic carbocycles. The lowest BCUT2D eigenvalue weighted by molar-refractivity contribution is -0.126. The highest BCUT2D eigenvalue weighted by atomic mass is 16.2. The Bertz CT molecular complexity index is 434. The maximum atomic E-state index is 12.1. The number of carbonyl (C=O) groups excluding carboxylic acids is 2. The molecule has 1 aliphatic heterocycles. The van der Waals surface area contributed by atoms with Gasteiger partial charge in [0.2, 0.25) is 11.8 Å². The Hall–Kier alpha value is -1.14. The molecule has 0 aromatic heterocycles. The van der Waals surface area contributed by atoms with Gasteiger partial charge in [0.15, 0.2) is 0 Å². The first-order valence-corrected chi connectivity index (χ1v) is 9.19. The zero-order valence-corrected chi connectivity index (χ0v) is 14.2. The molecule has 3 rings (SSSR count). The summed E-state index contributed by atoms with van der Waals surface area (Å²) in [5, 5.41) is 6.14. The lowest BCUT2D eigenvalue weighted by Crippen LogP contribution is -2.57. The molecule has 130 valence electrons. The first-order chi connectivity index (χ1) is 11.1. The van der Waals surface area contributed by atoms with E-state index in [0.29, 0.717) is 31.2 Å². The van der Waals surface area contributed by atoms with Gasteiger partial charge < -0.3 is 10.6 Å². The van der Waals surface area contributed by atoms with E-state index < -0.39 is 0 Å². The van der Waals surface area contributed by atoms with Gasteiger partial charge in [-0.2, -0.15) is 0 Å². The van der Waals surface area contributed by atoms with E-state index in [2.05, 4.69) is 27.4 Å². The maximum absolute atomic E-state index is 12.1. The van der Waals surface area contributed by atoms with Crippen molar-refractivity contribution in [2.24, 2.45) is 0 Å². The van der Waals surface area contributed by atoms with Crippen LogP contribution >= 0.6 is 0 Å². The molecule has 1 unspecified atom stereocenters. The average molecular weight is 322 g/mol. The SMILES string of the molecule is CCCC1CN(CC(=O)NC2CC2)CCN1CC(=O)NC1CC1. The summed E-state index contributed by atoms with van der Waals surface area (Å²) in [6, 6.07) is 1.24. The van der Waals surface area contributed by atoms with E-state index in [1.807, 2.05) is 0 Å². The summed E-state index contributed by atoms with van der Waals surface area (Å²) in [5.74, 6) is 0.316. The minimum Gasteiger partial charge on any atom is -0.352 e. The van der Waals surface area contributed by atoms with Gasteiger partial charge in [0.1, 0.15) is 0 Å². The van der Waals surface area contributed by atoms with Crippen molar-refractivity contribution < 1.29 is 9.59 Å². The van der Waals surface area contributed by atoms with Gasteiger partial charge in [-0.3, -0.25) is 19.4 Å². The van der Waals surface area contributed by atoms with Crippen molar-refractivity contribution in [2.45, 2.75) is 63.6 Å². The van der Waals surface area contributed by atoms with E-state index in [0.717, 1.165) is 58.2 Å². The van der Waals surface area contributed by atoms with Crippen molar-refractivity contribution in [2.75, 3.05) is 32.7 Å². The molecule has 2 amide bonds. The summed E-state index contributed by atoms with van der Waals surface area (Å²) in [4.78, 5) is 28.6. The number of nitrogens with zero attached hydrogens (tertiary/aromatic N) is 2. The molecular weight excluding hydrogens is 292 g/mol. The Morgan fingerprint density at radius 3 is 2.13 bits per heavy atom. The van der Waals surface area contributed by atoms with Crippen LogP contribution in [-0.2, 0) is 9.59 Å². The van der Waals surface area contributed by atoms with Gasteiger partial charge in [0.25, 0.3) is 0 Å². The van der Waals surface area contributed by atoms with Crippen molar-refractivity contribution in [3.63, 3.8) is 0 Å². The Morgan fingerprint density at radius 2 is 1.57 bits per heavy atom. The van der Waals surface area contributed by atoms with Crippen molar-refractivity contribution >= 4 is 11.8 Å². The van der Waals surface area contributed by atoms with Crippen molar-refractivity contribution in [1.82, 2.24) is 20.4 Å². The highest BCUT2D eigenvalue weighted by Crippen LogP contribution is 2.20. The summed E-state index contributed by atoms with van der Waals surface area (Å²) < 4.78 is 0. The second-order valence-electron chi connectivity index (χ2n) is 7.33.